The monoisotopic (exact) mass is 184 g/mol. The van der Waals surface area contributed by atoms with Crippen molar-refractivity contribution in [2.45, 2.75) is 27.7 Å². The van der Waals surface area contributed by atoms with E-state index in [-0.39, 0.29) is 5.41 Å². The van der Waals surface area contributed by atoms with Crippen LogP contribution in [-0.2, 0) is 0 Å². The van der Waals surface area contributed by atoms with E-state index in [1.54, 1.807) is 0 Å². The van der Waals surface area contributed by atoms with Crippen LogP contribution in [0.25, 0.3) is 0 Å². The summed E-state index contributed by atoms with van der Waals surface area (Å²) in [6, 6.07) is 0. The quantitative estimate of drug-likeness (QED) is 0.562. The van der Waals surface area contributed by atoms with Crippen molar-refractivity contribution in [2.24, 2.45) is 5.41 Å². The highest BCUT2D eigenvalue weighted by molar-refractivity contribution is 6.30. The molecule has 0 amide bonds. The first-order chi connectivity index (χ1) is 5.38. The largest absolute Gasteiger partial charge is 0.0850 e. The Kier molecular flexibility index (Phi) is 4.33. The van der Waals surface area contributed by atoms with Crippen LogP contribution in [0.1, 0.15) is 27.7 Å². The molecule has 0 rings (SSSR count). The predicted octanol–water partition coefficient (Wildman–Crippen LogP) is 4.29. The first kappa shape index (κ1) is 11.5. The predicted molar refractivity (Wildman–Crippen MR) is 57.3 cm³/mol. The Morgan fingerprint density at radius 2 is 1.75 bits per heavy atom. The lowest BCUT2D eigenvalue weighted by Crippen LogP contribution is -2.06. The minimum atomic E-state index is 0.178. The summed E-state index contributed by atoms with van der Waals surface area (Å²) in [6.45, 7) is 12.1. The van der Waals surface area contributed by atoms with E-state index in [2.05, 4.69) is 33.4 Å². The molecule has 0 radical (unpaired) electrons. The van der Waals surface area contributed by atoms with Gasteiger partial charge in [0.2, 0.25) is 0 Å². The zero-order valence-corrected chi connectivity index (χ0v) is 9.07. The van der Waals surface area contributed by atoms with Gasteiger partial charge in [-0.3, -0.25) is 0 Å². The number of halogens is 1. The number of hydrogen-bond donors (Lipinski definition) is 0. The Labute approximate surface area is 80.6 Å². The molecule has 12 heavy (non-hydrogen) atoms. The average Bonchev–Trinajstić information content (AvgIpc) is 1.85. The Morgan fingerprint density at radius 1 is 1.25 bits per heavy atom. The van der Waals surface area contributed by atoms with Crippen LogP contribution in [0.2, 0.25) is 0 Å². The highest BCUT2D eigenvalue weighted by Gasteiger charge is 2.12. The van der Waals surface area contributed by atoms with Crippen LogP contribution in [0.3, 0.4) is 0 Å². The van der Waals surface area contributed by atoms with Crippen LogP contribution in [0.4, 0.5) is 0 Å². The molecule has 0 aliphatic carbocycles. The van der Waals surface area contributed by atoms with Crippen molar-refractivity contribution in [3.05, 3.63) is 35.4 Å². The topological polar surface area (TPSA) is 0 Å². The molecular weight excluding hydrogens is 168 g/mol. The second-order valence-electron chi connectivity index (χ2n) is 3.77. The molecule has 0 nitrogen and oxygen atoms in total. The van der Waals surface area contributed by atoms with Crippen molar-refractivity contribution in [3.8, 4) is 0 Å². The summed E-state index contributed by atoms with van der Waals surface area (Å²) in [5.74, 6) is 0. The molecule has 0 saturated heterocycles. The Balaban J connectivity index is 4.53. The van der Waals surface area contributed by atoms with E-state index in [1.807, 2.05) is 19.1 Å². The Bertz CT molecular complexity index is 214. The zero-order valence-electron chi connectivity index (χ0n) is 8.32. The smallest absolute Gasteiger partial charge is 0.0334 e. The van der Waals surface area contributed by atoms with E-state index < -0.39 is 0 Å². The van der Waals surface area contributed by atoms with E-state index in [1.165, 1.54) is 5.57 Å². The number of rotatable bonds is 2. The van der Waals surface area contributed by atoms with Gasteiger partial charge in [-0.1, -0.05) is 51.1 Å². The van der Waals surface area contributed by atoms with Crippen LogP contribution in [0, 0.1) is 5.41 Å². The lowest BCUT2D eigenvalue weighted by molar-refractivity contribution is 0.516. The first-order valence-electron chi connectivity index (χ1n) is 4.07. The number of allylic oxidation sites excluding steroid dienone is 5. The minimum Gasteiger partial charge on any atom is -0.0850 e. The van der Waals surface area contributed by atoms with Gasteiger partial charge in [-0.25, -0.2) is 0 Å². The molecule has 0 saturated carbocycles. The third-order valence-electron chi connectivity index (χ3n) is 1.62. The van der Waals surface area contributed by atoms with E-state index in [4.69, 9.17) is 11.6 Å². The van der Waals surface area contributed by atoms with Crippen molar-refractivity contribution < 1.29 is 0 Å². The molecule has 1 heteroatoms. The normalized spacial score (nSPS) is 13.9. The molecule has 0 atom stereocenters. The molecule has 0 fully saturated rings. The summed E-state index contributed by atoms with van der Waals surface area (Å²) in [4.78, 5) is 0. The van der Waals surface area contributed by atoms with E-state index in [0.717, 1.165) is 0 Å². The van der Waals surface area contributed by atoms with Crippen molar-refractivity contribution in [2.75, 3.05) is 0 Å². The lowest BCUT2D eigenvalue weighted by Gasteiger charge is -2.19. The van der Waals surface area contributed by atoms with Crippen molar-refractivity contribution in [3.63, 3.8) is 0 Å². The van der Waals surface area contributed by atoms with Gasteiger partial charge < -0.3 is 0 Å². The number of hydrogen-bond acceptors (Lipinski definition) is 0. The maximum atomic E-state index is 5.62. The molecule has 0 aromatic carbocycles. The SMILES string of the molecule is C=C(Cl)/C=C\C(=C/C)C(C)(C)C. The van der Waals surface area contributed by atoms with Crippen LogP contribution < -0.4 is 0 Å². The second-order valence-corrected chi connectivity index (χ2v) is 4.26. The van der Waals surface area contributed by atoms with E-state index in [9.17, 15) is 0 Å². The van der Waals surface area contributed by atoms with Gasteiger partial charge in [0.25, 0.3) is 0 Å². The van der Waals surface area contributed by atoms with Crippen molar-refractivity contribution >= 4 is 11.6 Å². The summed E-state index contributed by atoms with van der Waals surface area (Å²) in [5, 5.41) is 0.568. The van der Waals surface area contributed by atoms with Gasteiger partial charge in [0.05, 0.1) is 0 Å². The first-order valence-corrected chi connectivity index (χ1v) is 4.45. The van der Waals surface area contributed by atoms with Crippen LogP contribution in [0.15, 0.2) is 35.4 Å². The molecule has 0 bridgehead atoms. The van der Waals surface area contributed by atoms with Crippen LogP contribution in [0.5, 0.6) is 0 Å². The fourth-order valence-electron chi connectivity index (χ4n) is 0.959. The summed E-state index contributed by atoms with van der Waals surface area (Å²) in [5.41, 5.74) is 1.45. The summed E-state index contributed by atoms with van der Waals surface area (Å²) in [6.07, 6.45) is 5.92. The standard InChI is InChI=1S/C11H17Cl/c1-6-10(11(3,4)5)8-7-9(2)12/h6-8H,2H2,1,3-5H3/b8-7-,10-6+. The molecule has 0 aliphatic heterocycles. The van der Waals surface area contributed by atoms with E-state index >= 15 is 0 Å². The van der Waals surface area contributed by atoms with Crippen molar-refractivity contribution in [1.29, 1.82) is 0 Å². The maximum absolute atomic E-state index is 5.62. The van der Waals surface area contributed by atoms with E-state index in [0.29, 0.717) is 5.03 Å². The lowest BCUT2D eigenvalue weighted by atomic mass is 9.86. The second kappa shape index (κ2) is 4.51. The highest BCUT2D eigenvalue weighted by Crippen LogP contribution is 2.26. The van der Waals surface area contributed by atoms with Crippen LogP contribution in [-0.4, -0.2) is 0 Å². The maximum Gasteiger partial charge on any atom is 0.0334 e. The average molecular weight is 185 g/mol. The summed E-state index contributed by atoms with van der Waals surface area (Å²) < 4.78 is 0. The van der Waals surface area contributed by atoms with Gasteiger partial charge in [0.15, 0.2) is 0 Å². The third-order valence-corrected chi connectivity index (χ3v) is 1.75. The molecule has 0 aliphatic rings. The van der Waals surface area contributed by atoms with Gasteiger partial charge in [-0.2, -0.15) is 0 Å². The molecule has 68 valence electrons. The summed E-state index contributed by atoms with van der Waals surface area (Å²) in [7, 11) is 0. The zero-order chi connectivity index (χ0) is 9.78. The molecule has 0 heterocycles. The van der Waals surface area contributed by atoms with Gasteiger partial charge in [0.1, 0.15) is 0 Å². The fourth-order valence-corrected chi connectivity index (χ4v) is 1.02. The summed E-state index contributed by atoms with van der Waals surface area (Å²) >= 11 is 5.62. The molecule has 0 unspecified atom stereocenters. The molecule has 0 aromatic rings. The Morgan fingerprint density at radius 3 is 2.00 bits per heavy atom. The van der Waals surface area contributed by atoms with Gasteiger partial charge in [-0.05, 0) is 24.0 Å². The molecular formula is C11H17Cl. The molecule has 0 spiro atoms. The van der Waals surface area contributed by atoms with Crippen LogP contribution >= 0.6 is 11.6 Å². The highest BCUT2D eigenvalue weighted by atomic mass is 35.5. The van der Waals surface area contributed by atoms with Gasteiger partial charge in [-0.15, -0.1) is 0 Å². The third kappa shape index (κ3) is 4.40. The Hall–Kier alpha value is -0.490. The van der Waals surface area contributed by atoms with Crippen molar-refractivity contribution in [1.82, 2.24) is 0 Å². The van der Waals surface area contributed by atoms with Gasteiger partial charge >= 0.3 is 0 Å². The van der Waals surface area contributed by atoms with Gasteiger partial charge in [0, 0.05) is 5.03 Å². The molecule has 0 aromatic heterocycles. The molecule has 0 N–H and O–H groups in total. The fraction of sp³-hybridized carbons (Fsp3) is 0.455. The minimum absolute atomic E-state index is 0.178.